The third-order valence-electron chi connectivity index (χ3n) is 12.4. The van der Waals surface area contributed by atoms with E-state index in [1.165, 1.54) is 32.1 Å². The molecule has 3 rings (SSSR count). The van der Waals surface area contributed by atoms with Gasteiger partial charge >= 0.3 is 6.03 Å². The van der Waals surface area contributed by atoms with Crippen LogP contribution in [0, 0.1) is 40.4 Å². The van der Waals surface area contributed by atoms with Gasteiger partial charge in [-0.2, -0.15) is 0 Å². The van der Waals surface area contributed by atoms with Gasteiger partial charge in [-0.1, -0.05) is 93.4 Å². The SMILES string of the molecule is CC(C)C.CCN(CCOC)CC(NC(=O)NCC(=O)NCC(CCC(CC1CCC1)C(=O)C(N)=O)C(C)(C)C1(C)CCC1)C1CCCCC1.NC=O. The number of nitrogens with zero attached hydrogens (tertiary/aromatic N) is 1. The number of rotatable bonds is 21. The van der Waals surface area contributed by atoms with Crippen molar-refractivity contribution >= 4 is 30.0 Å². The molecule has 5 amide bonds. The van der Waals surface area contributed by atoms with Crippen molar-refractivity contribution in [1.29, 1.82) is 0 Å². The predicted molar refractivity (Wildman–Crippen MR) is 213 cm³/mol. The summed E-state index contributed by atoms with van der Waals surface area (Å²) in [5.41, 5.74) is 9.69. The summed E-state index contributed by atoms with van der Waals surface area (Å²) in [6.07, 6.45) is 15.0. The maximum absolute atomic E-state index is 13.1. The van der Waals surface area contributed by atoms with Crippen molar-refractivity contribution < 1.29 is 28.7 Å². The number of amides is 5. The first kappa shape index (κ1) is 48.3. The van der Waals surface area contributed by atoms with Gasteiger partial charge in [-0.25, -0.2) is 4.79 Å². The van der Waals surface area contributed by atoms with Crippen LogP contribution in [-0.4, -0.2) is 87.4 Å². The lowest BCUT2D eigenvalue weighted by Crippen LogP contribution is -2.53. The Balaban J connectivity index is 0.00000184. The summed E-state index contributed by atoms with van der Waals surface area (Å²) in [6.45, 7) is 19.0. The first-order chi connectivity index (χ1) is 25.0. The minimum Gasteiger partial charge on any atom is -0.383 e. The normalized spacial score (nSPS) is 18.8. The molecule has 0 aromatic carbocycles. The molecule has 3 fully saturated rings. The van der Waals surface area contributed by atoms with Crippen LogP contribution in [0.1, 0.15) is 138 Å². The quantitative estimate of drug-likeness (QED) is 0.0751. The highest BCUT2D eigenvalue weighted by Gasteiger charge is 2.49. The molecule has 3 saturated carbocycles. The van der Waals surface area contributed by atoms with E-state index in [1.807, 2.05) is 0 Å². The maximum atomic E-state index is 13.1. The number of primary amides is 2. The number of Topliss-reactive ketones (excluding diaryl/α,β-unsaturated/α-hetero) is 1. The maximum Gasteiger partial charge on any atom is 0.315 e. The van der Waals surface area contributed by atoms with Crippen molar-refractivity contribution in [3.63, 3.8) is 0 Å². The van der Waals surface area contributed by atoms with Gasteiger partial charge in [0, 0.05) is 38.7 Å². The first-order valence-corrected chi connectivity index (χ1v) is 20.6. The number of hydrogen-bond acceptors (Lipinski definition) is 7. The third kappa shape index (κ3) is 17.5. The molecule has 12 heteroatoms. The number of ketones is 1. The Hall–Kier alpha value is -2.73. The number of likely N-dealkylation sites (N-methyl/N-ethyl adjacent to an activating group) is 1. The van der Waals surface area contributed by atoms with Crippen molar-refractivity contribution in [1.82, 2.24) is 20.9 Å². The second-order valence-corrected chi connectivity index (χ2v) is 17.3. The summed E-state index contributed by atoms with van der Waals surface area (Å²) in [5.74, 6) is -0.00558. The van der Waals surface area contributed by atoms with E-state index in [2.05, 4.69) is 75.1 Å². The van der Waals surface area contributed by atoms with E-state index in [0.29, 0.717) is 31.4 Å². The fourth-order valence-corrected chi connectivity index (χ4v) is 8.06. The number of carbonyl (C=O) groups is 5. The van der Waals surface area contributed by atoms with Crippen molar-refractivity contribution in [3.8, 4) is 0 Å². The standard InChI is InChI=1S/C36H65N5O5.C4H10.CH3NO/c1-6-41(20-21-46-5)25-30(27-14-8-7-9-15-27)40-34(45)39-24-31(42)38-23-29(35(2,3)36(4)18-11-19-36)17-16-28(32(43)33(37)44)22-26-12-10-13-26;1-4(2)3;2-1-3/h26-30H,6-25H2,1-5H3,(H2,37,44)(H,38,42)(H2,39,40,45);4H,1-3H3;1H,(H2,2,3). The van der Waals surface area contributed by atoms with E-state index >= 15 is 0 Å². The summed E-state index contributed by atoms with van der Waals surface area (Å²) >= 11 is 0. The first-order valence-electron chi connectivity index (χ1n) is 20.6. The van der Waals surface area contributed by atoms with Crippen LogP contribution in [0.15, 0.2) is 0 Å². The third-order valence-corrected chi connectivity index (χ3v) is 12.4. The molecule has 0 aliphatic heterocycles. The van der Waals surface area contributed by atoms with Crippen LogP contribution in [0.25, 0.3) is 0 Å². The largest absolute Gasteiger partial charge is 0.383 e. The molecule has 7 N–H and O–H groups in total. The molecule has 53 heavy (non-hydrogen) atoms. The fourth-order valence-electron chi connectivity index (χ4n) is 8.06. The highest BCUT2D eigenvalue weighted by atomic mass is 16.5. The Morgan fingerprint density at radius 2 is 1.57 bits per heavy atom. The molecule has 0 aromatic rings. The lowest BCUT2D eigenvalue weighted by atomic mass is 9.51. The van der Waals surface area contributed by atoms with E-state index in [9.17, 15) is 19.2 Å². The second kappa shape index (κ2) is 25.4. The van der Waals surface area contributed by atoms with Crippen LogP contribution in [-0.2, 0) is 23.9 Å². The molecule has 308 valence electrons. The second-order valence-electron chi connectivity index (χ2n) is 17.3. The zero-order valence-electron chi connectivity index (χ0n) is 34.7. The van der Waals surface area contributed by atoms with Gasteiger partial charge in [0.1, 0.15) is 0 Å². The number of urea groups is 1. The lowest BCUT2D eigenvalue weighted by Gasteiger charge is -2.55. The molecular formula is C41H78N6O6. The number of ether oxygens (including phenoxy) is 1. The van der Waals surface area contributed by atoms with Crippen LogP contribution < -0.4 is 27.4 Å². The summed E-state index contributed by atoms with van der Waals surface area (Å²) in [4.78, 5) is 61.7. The van der Waals surface area contributed by atoms with Crippen LogP contribution in [0.5, 0.6) is 0 Å². The van der Waals surface area contributed by atoms with E-state index in [1.54, 1.807) is 7.11 Å². The van der Waals surface area contributed by atoms with E-state index in [4.69, 9.17) is 15.3 Å². The average Bonchev–Trinajstić information content (AvgIpc) is 3.07. The van der Waals surface area contributed by atoms with Gasteiger partial charge in [0.15, 0.2) is 0 Å². The number of nitrogens with one attached hydrogen (secondary N) is 3. The molecule has 3 aliphatic carbocycles. The molecule has 0 bridgehead atoms. The van der Waals surface area contributed by atoms with Gasteiger partial charge in [0.25, 0.3) is 5.91 Å². The fraction of sp³-hybridized carbons (Fsp3) is 0.878. The summed E-state index contributed by atoms with van der Waals surface area (Å²) in [7, 11) is 1.71. The highest BCUT2D eigenvalue weighted by molar-refractivity contribution is 6.36. The van der Waals surface area contributed by atoms with Gasteiger partial charge in [0.2, 0.25) is 18.1 Å². The van der Waals surface area contributed by atoms with Crippen LogP contribution >= 0.6 is 0 Å². The number of hydrogen-bond donors (Lipinski definition) is 5. The molecule has 3 aliphatic rings. The van der Waals surface area contributed by atoms with Gasteiger partial charge in [-0.05, 0) is 86.0 Å². The molecule has 0 saturated heterocycles. The van der Waals surface area contributed by atoms with E-state index in [-0.39, 0.29) is 53.6 Å². The zero-order valence-corrected chi connectivity index (χ0v) is 34.7. The number of carbonyl (C=O) groups excluding carboxylic acids is 5. The molecule has 0 aromatic heterocycles. The monoisotopic (exact) mass is 751 g/mol. The number of nitrogens with two attached hydrogens (primary N) is 2. The van der Waals surface area contributed by atoms with Crippen molar-refractivity contribution in [2.24, 2.45) is 51.9 Å². The topological polar surface area (TPSA) is 186 Å². The van der Waals surface area contributed by atoms with E-state index < -0.39 is 11.7 Å². The molecule has 0 heterocycles. The summed E-state index contributed by atoms with van der Waals surface area (Å²) < 4.78 is 5.29. The van der Waals surface area contributed by atoms with Gasteiger partial charge in [0.05, 0.1) is 13.2 Å². The van der Waals surface area contributed by atoms with Crippen LogP contribution in [0.2, 0.25) is 0 Å². The van der Waals surface area contributed by atoms with Crippen LogP contribution in [0.4, 0.5) is 4.79 Å². The van der Waals surface area contributed by atoms with Crippen molar-refractivity contribution in [2.75, 3.05) is 46.4 Å². The molecular weight excluding hydrogens is 672 g/mol. The Kier molecular flexibility index (Phi) is 23.1. The lowest BCUT2D eigenvalue weighted by molar-refractivity contribution is -0.139. The molecule has 3 unspecified atom stereocenters. The summed E-state index contributed by atoms with van der Waals surface area (Å²) in [5, 5.41) is 9.12. The Morgan fingerprint density at radius 3 is 2.04 bits per heavy atom. The Morgan fingerprint density at radius 1 is 0.962 bits per heavy atom. The summed E-state index contributed by atoms with van der Waals surface area (Å²) in [6, 6.07) is -0.291. The minimum atomic E-state index is -0.841. The highest BCUT2D eigenvalue weighted by Crippen LogP contribution is 2.57. The van der Waals surface area contributed by atoms with Gasteiger partial charge in [-0.3, -0.25) is 24.1 Å². The van der Waals surface area contributed by atoms with Gasteiger partial charge < -0.3 is 32.2 Å². The minimum absolute atomic E-state index is 0.0181. The molecule has 12 nitrogen and oxygen atoms in total. The smallest absolute Gasteiger partial charge is 0.315 e. The molecule has 3 atom stereocenters. The van der Waals surface area contributed by atoms with Crippen molar-refractivity contribution in [2.45, 2.75) is 144 Å². The molecule has 0 radical (unpaired) electrons. The zero-order chi connectivity index (χ0) is 40.0. The molecule has 0 spiro atoms. The van der Waals surface area contributed by atoms with E-state index in [0.717, 1.165) is 76.9 Å². The Labute approximate surface area is 321 Å². The van der Waals surface area contributed by atoms with Crippen LogP contribution in [0.3, 0.4) is 0 Å². The number of methoxy groups -OCH3 is 1. The Bertz CT molecular complexity index is 1080. The van der Waals surface area contributed by atoms with Crippen molar-refractivity contribution in [3.05, 3.63) is 0 Å². The predicted octanol–water partition coefficient (Wildman–Crippen LogP) is 5.56. The average molecular weight is 751 g/mol. The van der Waals surface area contributed by atoms with Gasteiger partial charge in [-0.15, -0.1) is 0 Å².